The van der Waals surface area contributed by atoms with Crippen LogP contribution in [-0.2, 0) is 4.79 Å². The van der Waals surface area contributed by atoms with Gasteiger partial charge >= 0.3 is 5.97 Å². The third kappa shape index (κ3) is 3.20. The highest BCUT2D eigenvalue weighted by Gasteiger charge is 2.36. The van der Waals surface area contributed by atoms with Gasteiger partial charge in [0.2, 0.25) is 0 Å². The summed E-state index contributed by atoms with van der Waals surface area (Å²) in [5.74, 6) is -0.790. The molecule has 1 aliphatic rings. The molecule has 1 N–H and O–H groups in total. The van der Waals surface area contributed by atoms with Crippen molar-refractivity contribution in [3.05, 3.63) is 0 Å². The fourth-order valence-electron chi connectivity index (χ4n) is 2.23. The molecular formula is C12H23NO2. The summed E-state index contributed by atoms with van der Waals surface area (Å²) in [4.78, 5) is 13.3. The molecule has 1 rings (SSSR count). The van der Waals surface area contributed by atoms with Crippen LogP contribution in [0.2, 0.25) is 0 Å². The van der Waals surface area contributed by atoms with E-state index in [9.17, 15) is 4.79 Å². The highest BCUT2D eigenvalue weighted by molar-refractivity contribution is 5.70. The number of likely N-dealkylation sites (tertiary alicyclic amines) is 1. The van der Waals surface area contributed by atoms with Crippen molar-refractivity contribution < 1.29 is 9.90 Å². The van der Waals surface area contributed by atoms with E-state index in [0.717, 1.165) is 32.4 Å². The van der Waals surface area contributed by atoms with Crippen LogP contribution >= 0.6 is 0 Å². The summed E-state index contributed by atoms with van der Waals surface area (Å²) >= 11 is 0. The van der Waals surface area contributed by atoms with Crippen molar-refractivity contribution in [1.82, 2.24) is 4.90 Å². The number of aliphatic carboxylic acids is 1. The van der Waals surface area contributed by atoms with Gasteiger partial charge < -0.3 is 5.11 Å². The Hall–Kier alpha value is -0.570. The zero-order valence-corrected chi connectivity index (χ0v) is 10.1. The van der Waals surface area contributed by atoms with Gasteiger partial charge in [-0.05, 0) is 39.7 Å². The number of carbonyl (C=O) groups is 1. The average molecular weight is 213 g/mol. The Kier molecular flexibility index (Phi) is 4.14. The maximum absolute atomic E-state index is 11.0. The number of hydrogen-bond donors (Lipinski definition) is 1. The van der Waals surface area contributed by atoms with Crippen LogP contribution < -0.4 is 0 Å². The molecular weight excluding hydrogens is 190 g/mol. The predicted molar refractivity (Wildman–Crippen MR) is 60.9 cm³/mol. The lowest BCUT2D eigenvalue weighted by Crippen LogP contribution is -2.52. The maximum Gasteiger partial charge on any atom is 0.307 e. The summed E-state index contributed by atoms with van der Waals surface area (Å²) in [5, 5.41) is 9.02. The van der Waals surface area contributed by atoms with Crippen molar-refractivity contribution >= 4 is 5.97 Å². The first-order chi connectivity index (χ1) is 6.97. The molecule has 0 radical (unpaired) electrons. The molecule has 1 fully saturated rings. The monoisotopic (exact) mass is 213 g/mol. The SMILES string of the molecule is CCCCN1CC(C(=O)O)CCC1(C)C. The van der Waals surface area contributed by atoms with Gasteiger partial charge in [-0.3, -0.25) is 9.69 Å². The Bertz CT molecular complexity index is 226. The Balaban J connectivity index is 2.57. The van der Waals surface area contributed by atoms with E-state index in [1.165, 1.54) is 6.42 Å². The van der Waals surface area contributed by atoms with E-state index in [1.807, 2.05) is 0 Å². The lowest BCUT2D eigenvalue weighted by molar-refractivity contribution is -0.145. The van der Waals surface area contributed by atoms with Crippen molar-refractivity contribution in [2.75, 3.05) is 13.1 Å². The quantitative estimate of drug-likeness (QED) is 0.779. The fourth-order valence-corrected chi connectivity index (χ4v) is 2.23. The van der Waals surface area contributed by atoms with E-state index in [0.29, 0.717) is 0 Å². The number of unbranched alkanes of at least 4 members (excludes halogenated alkanes) is 1. The van der Waals surface area contributed by atoms with Gasteiger partial charge in [0.05, 0.1) is 5.92 Å². The lowest BCUT2D eigenvalue weighted by atomic mass is 9.84. The Morgan fingerprint density at radius 2 is 2.20 bits per heavy atom. The molecule has 0 aromatic carbocycles. The standard InChI is InChI=1S/C12H23NO2/c1-4-5-8-13-9-10(11(14)15)6-7-12(13,2)3/h10H,4-9H2,1-3H3,(H,14,15). The zero-order valence-electron chi connectivity index (χ0n) is 10.1. The summed E-state index contributed by atoms with van der Waals surface area (Å²) in [6.45, 7) is 8.38. The molecule has 15 heavy (non-hydrogen) atoms. The highest BCUT2D eigenvalue weighted by Crippen LogP contribution is 2.30. The Morgan fingerprint density at radius 1 is 1.53 bits per heavy atom. The molecule has 0 aromatic rings. The molecule has 1 aliphatic heterocycles. The molecule has 1 saturated heterocycles. The number of nitrogens with zero attached hydrogens (tertiary/aromatic N) is 1. The average Bonchev–Trinajstić information content (AvgIpc) is 2.15. The summed E-state index contributed by atoms with van der Waals surface area (Å²) in [6, 6.07) is 0. The second-order valence-electron chi connectivity index (χ2n) is 5.19. The smallest absolute Gasteiger partial charge is 0.307 e. The van der Waals surface area contributed by atoms with Crippen molar-refractivity contribution in [3.8, 4) is 0 Å². The normalized spacial score (nSPS) is 26.5. The number of carboxylic acids is 1. The highest BCUT2D eigenvalue weighted by atomic mass is 16.4. The predicted octanol–water partition coefficient (Wildman–Crippen LogP) is 2.36. The molecule has 0 spiro atoms. The van der Waals surface area contributed by atoms with Gasteiger partial charge in [-0.2, -0.15) is 0 Å². The van der Waals surface area contributed by atoms with E-state index in [4.69, 9.17) is 5.11 Å². The molecule has 3 heteroatoms. The zero-order chi connectivity index (χ0) is 11.5. The molecule has 0 aliphatic carbocycles. The third-order valence-corrected chi connectivity index (χ3v) is 3.53. The van der Waals surface area contributed by atoms with Crippen molar-refractivity contribution in [2.24, 2.45) is 5.92 Å². The van der Waals surface area contributed by atoms with Gasteiger partial charge in [0, 0.05) is 12.1 Å². The van der Waals surface area contributed by atoms with E-state index < -0.39 is 5.97 Å². The summed E-state index contributed by atoms with van der Waals surface area (Å²) < 4.78 is 0. The Labute approximate surface area is 92.5 Å². The van der Waals surface area contributed by atoms with Crippen LogP contribution in [0.5, 0.6) is 0 Å². The van der Waals surface area contributed by atoms with Crippen molar-refractivity contribution in [2.45, 2.75) is 52.0 Å². The molecule has 0 bridgehead atoms. The molecule has 1 atom stereocenters. The number of carboxylic acid groups (broad SMARTS) is 1. The van der Waals surface area contributed by atoms with Crippen LogP contribution in [0, 0.1) is 5.92 Å². The molecule has 0 aromatic heterocycles. The summed E-state index contributed by atoms with van der Waals surface area (Å²) in [6.07, 6.45) is 4.15. The van der Waals surface area contributed by atoms with E-state index >= 15 is 0 Å². The summed E-state index contributed by atoms with van der Waals surface area (Å²) in [7, 11) is 0. The molecule has 3 nitrogen and oxygen atoms in total. The van der Waals surface area contributed by atoms with Crippen molar-refractivity contribution in [1.29, 1.82) is 0 Å². The van der Waals surface area contributed by atoms with Crippen molar-refractivity contribution in [3.63, 3.8) is 0 Å². The summed E-state index contributed by atoms with van der Waals surface area (Å²) in [5.41, 5.74) is 0.182. The second kappa shape index (κ2) is 4.97. The third-order valence-electron chi connectivity index (χ3n) is 3.53. The van der Waals surface area contributed by atoms with Crippen LogP contribution in [0.3, 0.4) is 0 Å². The number of rotatable bonds is 4. The molecule has 1 unspecified atom stereocenters. The molecule has 1 heterocycles. The van der Waals surface area contributed by atoms with Gasteiger partial charge in [-0.25, -0.2) is 0 Å². The van der Waals surface area contributed by atoms with Gasteiger partial charge in [-0.1, -0.05) is 13.3 Å². The van der Waals surface area contributed by atoms with Crippen LogP contribution in [0.25, 0.3) is 0 Å². The van der Waals surface area contributed by atoms with Gasteiger partial charge in [0.15, 0.2) is 0 Å². The first-order valence-corrected chi connectivity index (χ1v) is 5.95. The lowest BCUT2D eigenvalue weighted by Gasteiger charge is -2.44. The van der Waals surface area contributed by atoms with Gasteiger partial charge in [0.1, 0.15) is 0 Å². The topological polar surface area (TPSA) is 40.5 Å². The molecule has 0 saturated carbocycles. The van der Waals surface area contributed by atoms with E-state index in [2.05, 4.69) is 25.7 Å². The van der Waals surface area contributed by atoms with Gasteiger partial charge in [-0.15, -0.1) is 0 Å². The molecule has 0 amide bonds. The largest absolute Gasteiger partial charge is 0.481 e. The van der Waals surface area contributed by atoms with Crippen LogP contribution in [0.4, 0.5) is 0 Å². The van der Waals surface area contributed by atoms with E-state index in [-0.39, 0.29) is 11.5 Å². The van der Waals surface area contributed by atoms with Crippen LogP contribution in [-0.4, -0.2) is 34.6 Å². The maximum atomic E-state index is 11.0. The van der Waals surface area contributed by atoms with Gasteiger partial charge in [0.25, 0.3) is 0 Å². The van der Waals surface area contributed by atoms with Crippen LogP contribution in [0.1, 0.15) is 46.5 Å². The van der Waals surface area contributed by atoms with Crippen LogP contribution in [0.15, 0.2) is 0 Å². The minimum atomic E-state index is -0.632. The fraction of sp³-hybridized carbons (Fsp3) is 0.917. The first kappa shape index (κ1) is 12.5. The van der Waals surface area contributed by atoms with E-state index in [1.54, 1.807) is 0 Å². The minimum Gasteiger partial charge on any atom is -0.481 e. The second-order valence-corrected chi connectivity index (χ2v) is 5.19. The first-order valence-electron chi connectivity index (χ1n) is 5.95. The number of piperidine rings is 1. The molecule has 88 valence electrons. The Morgan fingerprint density at radius 3 is 2.73 bits per heavy atom. The number of hydrogen-bond acceptors (Lipinski definition) is 2. The minimum absolute atomic E-state index is 0.158.